The average molecular weight is 230 g/mol. The predicted molar refractivity (Wildman–Crippen MR) is 64.2 cm³/mol. The van der Waals surface area contributed by atoms with Gasteiger partial charge in [0.15, 0.2) is 0 Å². The first-order valence-corrected chi connectivity index (χ1v) is 5.29. The van der Waals surface area contributed by atoms with E-state index in [0.717, 1.165) is 11.3 Å². The molecule has 88 valence electrons. The number of benzene rings is 1. The van der Waals surface area contributed by atoms with E-state index in [0.29, 0.717) is 13.0 Å². The highest BCUT2D eigenvalue weighted by atomic mass is 16.5. The van der Waals surface area contributed by atoms with Gasteiger partial charge in [0, 0.05) is 0 Å². The molecule has 1 aromatic carbocycles. The molecule has 0 unspecified atom stereocenters. The summed E-state index contributed by atoms with van der Waals surface area (Å²) in [7, 11) is 0. The van der Waals surface area contributed by atoms with E-state index in [4.69, 9.17) is 15.7 Å². The Balaban J connectivity index is 2.79. The smallest absolute Gasteiger partial charge is 0.259 e. The molecule has 1 rings (SSSR count). The second-order valence-electron chi connectivity index (χ2n) is 3.38. The van der Waals surface area contributed by atoms with Crippen molar-refractivity contribution in [1.82, 2.24) is 0 Å². The Labute approximate surface area is 100 Å². The van der Waals surface area contributed by atoms with E-state index in [1.54, 1.807) is 6.07 Å². The van der Waals surface area contributed by atoms with E-state index >= 15 is 0 Å². The van der Waals surface area contributed by atoms with Crippen molar-refractivity contribution in [3.8, 4) is 11.8 Å². The monoisotopic (exact) mass is 230 g/mol. The molecule has 4 heteroatoms. The molecule has 0 aliphatic rings. The van der Waals surface area contributed by atoms with Crippen molar-refractivity contribution < 1.29 is 9.53 Å². The van der Waals surface area contributed by atoms with E-state index in [1.165, 1.54) is 6.08 Å². The summed E-state index contributed by atoms with van der Waals surface area (Å²) in [5.41, 5.74) is 5.98. The van der Waals surface area contributed by atoms with Gasteiger partial charge in [0.2, 0.25) is 0 Å². The Morgan fingerprint density at radius 2 is 2.35 bits per heavy atom. The minimum absolute atomic E-state index is 0.0215. The number of rotatable bonds is 5. The predicted octanol–water partition coefficient (Wildman–Crippen LogP) is 1.56. The topological polar surface area (TPSA) is 76.1 Å². The highest BCUT2D eigenvalue weighted by Crippen LogP contribution is 2.14. The molecule has 0 heterocycles. The molecule has 0 saturated carbocycles. The highest BCUT2D eigenvalue weighted by Gasteiger charge is 2.02. The quantitative estimate of drug-likeness (QED) is 0.616. The first-order valence-electron chi connectivity index (χ1n) is 5.29. The maximum absolute atomic E-state index is 10.8. The van der Waals surface area contributed by atoms with Crippen molar-refractivity contribution in [1.29, 1.82) is 5.26 Å². The van der Waals surface area contributed by atoms with Crippen LogP contribution >= 0.6 is 0 Å². The summed E-state index contributed by atoms with van der Waals surface area (Å²) in [6, 6.07) is 9.26. The number of primary amides is 1. The van der Waals surface area contributed by atoms with Crippen LogP contribution in [0.2, 0.25) is 0 Å². The summed E-state index contributed by atoms with van der Waals surface area (Å²) >= 11 is 0. The fourth-order valence-corrected chi connectivity index (χ4v) is 1.35. The lowest BCUT2D eigenvalue weighted by atomic mass is 10.1. The van der Waals surface area contributed by atoms with Gasteiger partial charge in [0.05, 0.1) is 6.61 Å². The minimum Gasteiger partial charge on any atom is -0.494 e. The third kappa shape index (κ3) is 3.99. The van der Waals surface area contributed by atoms with Crippen LogP contribution in [0.4, 0.5) is 0 Å². The van der Waals surface area contributed by atoms with E-state index < -0.39 is 5.91 Å². The van der Waals surface area contributed by atoms with Crippen LogP contribution in [0.25, 0.3) is 0 Å². The Kier molecular flexibility index (Phi) is 4.77. The minimum atomic E-state index is -0.700. The van der Waals surface area contributed by atoms with Crippen molar-refractivity contribution in [2.24, 2.45) is 5.73 Å². The highest BCUT2D eigenvalue weighted by molar-refractivity contribution is 5.95. The number of carbonyl (C=O) groups excluding carboxylic acids is 1. The van der Waals surface area contributed by atoms with Gasteiger partial charge in [0.25, 0.3) is 5.91 Å². The molecule has 0 aliphatic carbocycles. The molecule has 0 aliphatic heterocycles. The van der Waals surface area contributed by atoms with Crippen LogP contribution < -0.4 is 10.5 Å². The Morgan fingerprint density at radius 3 is 2.94 bits per heavy atom. The number of ether oxygens (including phenoxy) is 1. The van der Waals surface area contributed by atoms with Crippen LogP contribution in [0.3, 0.4) is 0 Å². The summed E-state index contributed by atoms with van der Waals surface area (Å²) in [6.07, 6.45) is 2.00. The molecule has 4 nitrogen and oxygen atoms in total. The van der Waals surface area contributed by atoms with Gasteiger partial charge in [-0.3, -0.25) is 4.79 Å². The largest absolute Gasteiger partial charge is 0.494 e. The van der Waals surface area contributed by atoms with E-state index in [-0.39, 0.29) is 5.57 Å². The molecule has 0 spiro atoms. The number of amides is 1. The van der Waals surface area contributed by atoms with Crippen molar-refractivity contribution in [2.45, 2.75) is 13.3 Å². The zero-order valence-electron chi connectivity index (χ0n) is 9.64. The molecular weight excluding hydrogens is 216 g/mol. The maximum Gasteiger partial charge on any atom is 0.259 e. The van der Waals surface area contributed by atoms with Crippen molar-refractivity contribution in [2.75, 3.05) is 6.61 Å². The van der Waals surface area contributed by atoms with Gasteiger partial charge in [-0.2, -0.15) is 5.26 Å². The third-order valence-corrected chi connectivity index (χ3v) is 2.14. The van der Waals surface area contributed by atoms with Crippen LogP contribution in [0, 0.1) is 11.3 Å². The van der Waals surface area contributed by atoms with Gasteiger partial charge in [-0.25, -0.2) is 0 Å². The van der Waals surface area contributed by atoms with Crippen LogP contribution in [0.15, 0.2) is 35.9 Å². The van der Waals surface area contributed by atoms with Crippen LogP contribution in [0.1, 0.15) is 12.5 Å². The molecule has 0 aromatic heterocycles. The summed E-state index contributed by atoms with van der Waals surface area (Å²) < 4.78 is 5.35. The zero-order valence-corrected chi connectivity index (χ0v) is 9.64. The molecule has 1 amide bonds. The number of nitrogens with zero attached hydrogens (tertiary/aromatic N) is 1. The van der Waals surface area contributed by atoms with Gasteiger partial charge < -0.3 is 10.5 Å². The van der Waals surface area contributed by atoms with E-state index in [1.807, 2.05) is 31.2 Å². The maximum atomic E-state index is 10.8. The van der Waals surface area contributed by atoms with Crippen molar-refractivity contribution in [3.63, 3.8) is 0 Å². The van der Waals surface area contributed by atoms with E-state index in [2.05, 4.69) is 0 Å². The lowest BCUT2D eigenvalue weighted by Gasteiger charge is -2.04. The number of hydrogen-bond donors (Lipinski definition) is 1. The third-order valence-electron chi connectivity index (χ3n) is 2.14. The lowest BCUT2D eigenvalue weighted by molar-refractivity contribution is -0.114. The molecule has 17 heavy (non-hydrogen) atoms. The molecule has 0 atom stereocenters. The van der Waals surface area contributed by atoms with Gasteiger partial charge >= 0.3 is 0 Å². The number of hydrogen-bond acceptors (Lipinski definition) is 3. The summed E-state index contributed by atoms with van der Waals surface area (Å²) in [6.45, 7) is 2.51. The summed E-state index contributed by atoms with van der Waals surface area (Å²) in [5, 5.41) is 8.67. The first kappa shape index (κ1) is 12.8. The Morgan fingerprint density at radius 1 is 1.59 bits per heavy atom. The van der Waals surface area contributed by atoms with Gasteiger partial charge in [-0.15, -0.1) is 0 Å². The fourth-order valence-electron chi connectivity index (χ4n) is 1.35. The molecule has 0 saturated heterocycles. The fraction of sp³-hybridized carbons (Fsp3) is 0.231. The molecule has 0 radical (unpaired) electrons. The van der Waals surface area contributed by atoms with Crippen molar-refractivity contribution >= 4 is 5.91 Å². The second-order valence-corrected chi connectivity index (χ2v) is 3.38. The number of nitriles is 1. The van der Waals surface area contributed by atoms with Gasteiger partial charge in [0.1, 0.15) is 17.4 Å². The van der Waals surface area contributed by atoms with Crippen molar-refractivity contribution in [3.05, 3.63) is 41.5 Å². The zero-order chi connectivity index (χ0) is 12.7. The molecule has 0 fully saturated rings. The average Bonchev–Trinajstić information content (AvgIpc) is 2.30. The number of carbonyl (C=O) groups is 1. The standard InChI is InChI=1S/C13H14N2O2/c1-2-17-12-5-3-4-10(8-12)6-7-11(9-14)13(15)16/h3-5,7-8H,2,6H2,1H3,(H2,15,16)/b11-7+. The SMILES string of the molecule is CCOc1cccc(C/C=C(\C#N)C(N)=O)c1. The normalized spacial score (nSPS) is 10.7. The number of allylic oxidation sites excluding steroid dienone is 1. The molecule has 0 bridgehead atoms. The van der Waals surface area contributed by atoms with Crippen LogP contribution in [-0.2, 0) is 11.2 Å². The Hall–Kier alpha value is -2.28. The molecule has 1 aromatic rings. The second kappa shape index (κ2) is 6.33. The van der Waals surface area contributed by atoms with Crippen LogP contribution in [-0.4, -0.2) is 12.5 Å². The first-order chi connectivity index (χ1) is 8.17. The van der Waals surface area contributed by atoms with Crippen LogP contribution in [0.5, 0.6) is 5.75 Å². The molecule has 2 N–H and O–H groups in total. The van der Waals surface area contributed by atoms with E-state index in [9.17, 15) is 4.79 Å². The lowest BCUT2D eigenvalue weighted by Crippen LogP contribution is -2.12. The van der Waals surface area contributed by atoms with Gasteiger partial charge in [-0.05, 0) is 31.0 Å². The molecular formula is C13H14N2O2. The van der Waals surface area contributed by atoms with Gasteiger partial charge in [-0.1, -0.05) is 18.2 Å². The summed E-state index contributed by atoms with van der Waals surface area (Å²) in [5.74, 6) is 0.0736. The summed E-state index contributed by atoms with van der Waals surface area (Å²) in [4.78, 5) is 10.8. The number of nitrogens with two attached hydrogens (primary N) is 1. The Bertz CT molecular complexity index is 473.